The van der Waals surface area contributed by atoms with Gasteiger partial charge in [0, 0.05) is 19.4 Å². The molecule has 1 unspecified atom stereocenters. The molecule has 1 aromatic rings. The molecule has 1 atom stereocenters. The molecule has 0 radical (unpaired) electrons. The summed E-state index contributed by atoms with van der Waals surface area (Å²) in [7, 11) is -1.49. The first-order valence-electron chi connectivity index (χ1n) is 5.76. The minimum Gasteiger partial charge on any atom is -0.469 e. The van der Waals surface area contributed by atoms with Crippen molar-refractivity contribution >= 4 is 11.0 Å². The number of pyridine rings is 1. The van der Waals surface area contributed by atoms with E-state index < -0.39 is 22.4 Å². The van der Waals surface area contributed by atoms with Crippen molar-refractivity contribution in [2.24, 2.45) is 0 Å². The number of aromatic nitrogens is 1. The molecule has 18 heavy (non-hydrogen) atoms. The van der Waals surface area contributed by atoms with Gasteiger partial charge in [-0.15, -0.1) is 0 Å². The maximum atomic E-state index is 13.1. The van der Waals surface area contributed by atoms with Gasteiger partial charge in [-0.05, 0) is 6.07 Å². The summed E-state index contributed by atoms with van der Waals surface area (Å²) in [6.07, 6.45) is 2.49. The highest BCUT2D eigenvalue weighted by Gasteiger charge is 2.39. The van der Waals surface area contributed by atoms with Gasteiger partial charge in [-0.3, -0.25) is 0 Å². The van der Waals surface area contributed by atoms with Gasteiger partial charge in [0.2, 0.25) is 5.88 Å². The van der Waals surface area contributed by atoms with Crippen LogP contribution >= 0.6 is 0 Å². The van der Waals surface area contributed by atoms with Crippen LogP contribution in [0.15, 0.2) is 17.2 Å². The highest BCUT2D eigenvalue weighted by molar-refractivity contribution is 7.83. The standard InChI is InChI=1S/C11H13FN2O3S/c12-8-5-9-10(13-6-8)17-11(7-14-18(9)15)1-3-16-4-2-11/h5-6,14H,1-4,7H2. The maximum absolute atomic E-state index is 13.1. The highest BCUT2D eigenvalue weighted by Crippen LogP contribution is 2.32. The van der Waals surface area contributed by atoms with Gasteiger partial charge in [0.25, 0.3) is 0 Å². The van der Waals surface area contributed by atoms with Gasteiger partial charge < -0.3 is 9.47 Å². The third-order valence-electron chi connectivity index (χ3n) is 3.23. The zero-order valence-corrected chi connectivity index (χ0v) is 10.5. The predicted octanol–water partition coefficient (Wildman–Crippen LogP) is 0.774. The van der Waals surface area contributed by atoms with E-state index in [9.17, 15) is 8.60 Å². The summed E-state index contributed by atoms with van der Waals surface area (Å²) in [5.74, 6) is -0.267. The van der Waals surface area contributed by atoms with Crippen LogP contribution in [0.2, 0.25) is 0 Å². The first-order valence-corrected chi connectivity index (χ1v) is 6.91. The molecule has 98 valence electrons. The molecule has 0 aliphatic carbocycles. The molecule has 0 amide bonds. The fourth-order valence-electron chi connectivity index (χ4n) is 2.16. The van der Waals surface area contributed by atoms with Crippen LogP contribution in [0.25, 0.3) is 0 Å². The van der Waals surface area contributed by atoms with Crippen LogP contribution in [0.4, 0.5) is 4.39 Å². The molecule has 2 aliphatic rings. The summed E-state index contributed by atoms with van der Waals surface area (Å²) in [5, 5.41) is 0. The topological polar surface area (TPSA) is 60.5 Å². The van der Waals surface area contributed by atoms with Gasteiger partial charge in [0.1, 0.15) is 27.3 Å². The van der Waals surface area contributed by atoms with Gasteiger partial charge in [-0.1, -0.05) is 0 Å². The molecule has 1 saturated heterocycles. The predicted molar refractivity (Wildman–Crippen MR) is 62.0 cm³/mol. The van der Waals surface area contributed by atoms with Crippen molar-refractivity contribution in [2.45, 2.75) is 23.3 Å². The third-order valence-corrected chi connectivity index (χ3v) is 4.33. The molecular weight excluding hydrogens is 259 g/mol. The van der Waals surface area contributed by atoms with Gasteiger partial charge in [0.15, 0.2) is 0 Å². The Morgan fingerprint density at radius 2 is 2.22 bits per heavy atom. The summed E-state index contributed by atoms with van der Waals surface area (Å²) in [6.45, 7) is 1.65. The number of halogens is 1. The van der Waals surface area contributed by atoms with E-state index in [0.717, 1.165) is 6.20 Å². The van der Waals surface area contributed by atoms with Crippen molar-refractivity contribution in [3.63, 3.8) is 0 Å². The van der Waals surface area contributed by atoms with Gasteiger partial charge >= 0.3 is 0 Å². The summed E-state index contributed by atoms with van der Waals surface area (Å²) in [6, 6.07) is 1.20. The second-order valence-electron chi connectivity index (χ2n) is 4.44. The number of hydrogen-bond donors (Lipinski definition) is 1. The van der Waals surface area contributed by atoms with Crippen molar-refractivity contribution in [3.8, 4) is 5.88 Å². The number of ether oxygens (including phenoxy) is 2. The van der Waals surface area contributed by atoms with E-state index in [-0.39, 0.29) is 10.8 Å². The lowest BCUT2D eigenvalue weighted by atomic mass is 9.94. The van der Waals surface area contributed by atoms with Crippen LogP contribution in [0.5, 0.6) is 5.88 Å². The second kappa shape index (κ2) is 4.56. The Bertz CT molecular complexity index is 491. The van der Waals surface area contributed by atoms with E-state index in [4.69, 9.17) is 9.47 Å². The zero-order valence-electron chi connectivity index (χ0n) is 9.65. The van der Waals surface area contributed by atoms with Crippen molar-refractivity contribution in [1.82, 2.24) is 9.71 Å². The monoisotopic (exact) mass is 272 g/mol. The molecular formula is C11H13FN2O3S. The molecule has 1 fully saturated rings. The molecule has 1 N–H and O–H groups in total. The first kappa shape index (κ1) is 12.0. The molecule has 0 aromatic carbocycles. The van der Waals surface area contributed by atoms with E-state index >= 15 is 0 Å². The van der Waals surface area contributed by atoms with Crippen LogP contribution < -0.4 is 9.46 Å². The van der Waals surface area contributed by atoms with Crippen molar-refractivity contribution in [3.05, 3.63) is 18.1 Å². The number of hydrogen-bond acceptors (Lipinski definition) is 4. The van der Waals surface area contributed by atoms with E-state index in [0.29, 0.717) is 32.6 Å². The second-order valence-corrected chi connectivity index (χ2v) is 5.71. The molecule has 3 heterocycles. The number of nitrogens with zero attached hydrogens (tertiary/aromatic N) is 1. The fraction of sp³-hybridized carbons (Fsp3) is 0.545. The molecule has 3 rings (SSSR count). The fourth-order valence-corrected chi connectivity index (χ4v) is 3.18. The van der Waals surface area contributed by atoms with E-state index in [1.807, 2.05) is 0 Å². The molecule has 2 aliphatic heterocycles. The molecule has 5 nitrogen and oxygen atoms in total. The Morgan fingerprint density at radius 1 is 1.44 bits per heavy atom. The third kappa shape index (κ3) is 2.13. The molecule has 0 saturated carbocycles. The molecule has 7 heteroatoms. The highest BCUT2D eigenvalue weighted by atomic mass is 32.2. The van der Waals surface area contributed by atoms with Crippen LogP contribution in [0.1, 0.15) is 12.8 Å². The Hall–Kier alpha value is -1.05. The van der Waals surface area contributed by atoms with Crippen LogP contribution in [0, 0.1) is 5.82 Å². The minimum atomic E-state index is -1.49. The average molecular weight is 272 g/mol. The molecule has 1 spiro atoms. The van der Waals surface area contributed by atoms with Crippen molar-refractivity contribution < 1.29 is 18.1 Å². The van der Waals surface area contributed by atoms with Crippen LogP contribution in [-0.4, -0.2) is 34.6 Å². The summed E-state index contributed by atoms with van der Waals surface area (Å²) < 4.78 is 39.2. The van der Waals surface area contributed by atoms with E-state index in [1.54, 1.807) is 0 Å². The largest absolute Gasteiger partial charge is 0.469 e. The number of fused-ring (bicyclic) bond motifs is 1. The van der Waals surface area contributed by atoms with E-state index in [1.165, 1.54) is 6.07 Å². The number of rotatable bonds is 0. The summed E-state index contributed by atoms with van der Waals surface area (Å²) >= 11 is 0. The lowest BCUT2D eigenvalue weighted by molar-refractivity contribution is -0.0443. The Morgan fingerprint density at radius 3 is 3.00 bits per heavy atom. The Kier molecular flexibility index (Phi) is 3.04. The lowest BCUT2D eigenvalue weighted by Gasteiger charge is -2.35. The Labute approximate surface area is 106 Å². The smallest absolute Gasteiger partial charge is 0.232 e. The quantitative estimate of drug-likeness (QED) is 0.758. The Balaban J connectivity index is 1.98. The molecule has 1 aromatic heterocycles. The maximum Gasteiger partial charge on any atom is 0.232 e. The van der Waals surface area contributed by atoms with Crippen molar-refractivity contribution in [1.29, 1.82) is 0 Å². The normalized spacial score (nSPS) is 26.2. The summed E-state index contributed by atoms with van der Waals surface area (Å²) in [4.78, 5) is 4.17. The minimum absolute atomic E-state index is 0.252. The van der Waals surface area contributed by atoms with Crippen LogP contribution in [-0.2, 0) is 15.7 Å². The summed E-state index contributed by atoms with van der Waals surface area (Å²) in [5.41, 5.74) is -0.454. The zero-order chi connectivity index (χ0) is 12.6. The first-order chi connectivity index (χ1) is 8.69. The van der Waals surface area contributed by atoms with E-state index in [2.05, 4.69) is 9.71 Å². The van der Waals surface area contributed by atoms with Gasteiger partial charge in [-0.2, -0.15) is 0 Å². The van der Waals surface area contributed by atoms with Crippen LogP contribution in [0.3, 0.4) is 0 Å². The van der Waals surface area contributed by atoms with Crippen molar-refractivity contribution in [2.75, 3.05) is 19.8 Å². The molecule has 0 bridgehead atoms. The van der Waals surface area contributed by atoms with Gasteiger partial charge in [-0.25, -0.2) is 18.3 Å². The average Bonchev–Trinajstić information content (AvgIpc) is 2.50. The lowest BCUT2D eigenvalue weighted by Crippen LogP contribution is -2.48. The SMILES string of the molecule is O=S1NCC2(CCOCC2)Oc2ncc(F)cc21. The number of nitrogens with one attached hydrogen (secondary N) is 1. The van der Waals surface area contributed by atoms with Gasteiger partial charge in [0.05, 0.1) is 19.4 Å².